The van der Waals surface area contributed by atoms with Gasteiger partial charge in [0.1, 0.15) is 0 Å². The fourth-order valence-electron chi connectivity index (χ4n) is 2.29. The van der Waals surface area contributed by atoms with Gasteiger partial charge >= 0.3 is 18.3 Å². The summed E-state index contributed by atoms with van der Waals surface area (Å²) >= 11 is 1.12. The van der Waals surface area contributed by atoms with Crippen molar-refractivity contribution in [1.29, 1.82) is 0 Å². The van der Waals surface area contributed by atoms with E-state index in [1.165, 1.54) is 0 Å². The Balaban J connectivity index is 2.51. The van der Waals surface area contributed by atoms with Crippen LogP contribution in [0.25, 0.3) is 0 Å². The summed E-state index contributed by atoms with van der Waals surface area (Å²) in [7, 11) is 0. The van der Waals surface area contributed by atoms with Crippen LogP contribution in [0.15, 0.2) is 4.99 Å². The molecule has 1 aromatic rings. The van der Waals surface area contributed by atoms with Crippen LogP contribution < -0.4 is 4.80 Å². The average Bonchev–Trinajstić information content (AvgIpc) is 3.16. The maximum atomic E-state index is 13.2. The summed E-state index contributed by atoms with van der Waals surface area (Å²) in [5.41, 5.74) is 0.601. The van der Waals surface area contributed by atoms with Gasteiger partial charge in [0.05, 0.1) is 0 Å². The molecular weight excluding hydrogens is 332 g/mol. The molecule has 1 amide bonds. The normalized spacial score (nSPS) is 17.2. The highest BCUT2D eigenvalue weighted by molar-refractivity contribution is 7.09. The second kappa shape index (κ2) is 6.03. The number of carbonyl (C=O) groups excluding carboxylic acids is 1. The van der Waals surface area contributed by atoms with Gasteiger partial charge in [0.15, 0.2) is 4.80 Å². The van der Waals surface area contributed by atoms with E-state index in [2.05, 4.69) is 4.99 Å². The predicted molar refractivity (Wildman–Crippen MR) is 80.0 cm³/mol. The van der Waals surface area contributed by atoms with Crippen LogP contribution in [0.3, 0.4) is 0 Å². The molecule has 0 aliphatic heterocycles. The van der Waals surface area contributed by atoms with Crippen molar-refractivity contribution < 1.29 is 22.4 Å². The third kappa shape index (κ3) is 3.84. The summed E-state index contributed by atoms with van der Waals surface area (Å²) in [5.74, 6) is -6.41. The third-order valence-corrected chi connectivity index (χ3v) is 5.34. The van der Waals surface area contributed by atoms with Crippen LogP contribution in [0.4, 0.5) is 17.6 Å². The lowest BCUT2D eigenvalue weighted by Crippen LogP contribution is -2.37. The molecule has 1 heterocycles. The number of alkyl halides is 4. The minimum absolute atomic E-state index is 0.0738. The molecule has 1 aliphatic rings. The first-order valence-electron chi connectivity index (χ1n) is 7.40. The number of hydrogen-bond acceptors (Lipinski definition) is 2. The third-order valence-electron chi connectivity index (χ3n) is 3.73. The molecule has 1 aromatic heterocycles. The van der Waals surface area contributed by atoms with E-state index in [9.17, 15) is 22.4 Å². The molecule has 0 radical (unpaired) electrons. The minimum atomic E-state index is -4.75. The number of carbonyl (C=O) groups is 1. The number of nitrogens with zero attached hydrogens (tertiary/aromatic N) is 2. The first kappa shape index (κ1) is 18.2. The standard InChI is InChI=1S/C15H20F4N2OS/c1-8-10(14(2,3)4)23-13(21(8)7-9-5-6-9)20-12(22)15(18,19)11(16)17/h9,11H,5-7H2,1-4H3. The van der Waals surface area contributed by atoms with E-state index < -0.39 is 18.3 Å². The molecule has 3 nitrogen and oxygen atoms in total. The van der Waals surface area contributed by atoms with Gasteiger partial charge in [0.25, 0.3) is 0 Å². The summed E-state index contributed by atoms with van der Waals surface area (Å²) in [6, 6.07) is 0. The van der Waals surface area contributed by atoms with Crippen LogP contribution in [0, 0.1) is 12.8 Å². The van der Waals surface area contributed by atoms with Crippen LogP contribution in [0.1, 0.15) is 44.2 Å². The smallest absolute Gasteiger partial charge is 0.320 e. The molecule has 0 unspecified atom stereocenters. The number of halogens is 4. The van der Waals surface area contributed by atoms with Crippen LogP contribution in [-0.4, -0.2) is 22.8 Å². The van der Waals surface area contributed by atoms with Crippen LogP contribution in [0.5, 0.6) is 0 Å². The summed E-state index contributed by atoms with van der Waals surface area (Å²) in [6.07, 6.45) is -1.99. The Labute approximate surface area is 136 Å². The Bertz CT molecular complexity index is 666. The Hall–Kier alpha value is -1.18. The van der Waals surface area contributed by atoms with Gasteiger partial charge in [-0.05, 0) is 31.1 Å². The Morgan fingerprint density at radius 3 is 2.35 bits per heavy atom. The molecule has 1 aliphatic carbocycles. The van der Waals surface area contributed by atoms with Crippen LogP contribution in [0.2, 0.25) is 0 Å². The first-order chi connectivity index (χ1) is 10.4. The Morgan fingerprint density at radius 1 is 1.35 bits per heavy atom. The van der Waals surface area contributed by atoms with Gasteiger partial charge in [-0.1, -0.05) is 20.8 Å². The Morgan fingerprint density at radius 2 is 1.91 bits per heavy atom. The summed E-state index contributed by atoms with van der Waals surface area (Å²) in [4.78, 5) is 15.8. The maximum Gasteiger partial charge on any atom is 0.385 e. The zero-order chi connectivity index (χ0) is 17.6. The molecule has 130 valence electrons. The number of hydrogen-bond donors (Lipinski definition) is 0. The fraction of sp³-hybridized carbons (Fsp3) is 0.733. The highest BCUT2D eigenvalue weighted by atomic mass is 32.1. The topological polar surface area (TPSA) is 34.4 Å². The zero-order valence-electron chi connectivity index (χ0n) is 13.5. The lowest BCUT2D eigenvalue weighted by molar-refractivity contribution is -0.165. The highest BCUT2D eigenvalue weighted by Gasteiger charge is 2.49. The molecule has 0 N–H and O–H groups in total. The molecule has 0 bridgehead atoms. The van der Waals surface area contributed by atoms with Crippen molar-refractivity contribution in [3.63, 3.8) is 0 Å². The van der Waals surface area contributed by atoms with Gasteiger partial charge < -0.3 is 4.57 Å². The number of thiazole rings is 1. The SMILES string of the molecule is Cc1c(C(C)(C)C)sc(=NC(=O)C(F)(F)C(F)F)n1CC1CC1. The Kier molecular flexibility index (Phi) is 4.76. The molecule has 0 saturated heterocycles. The summed E-state index contributed by atoms with van der Waals surface area (Å²) in [6.45, 7) is 8.31. The lowest BCUT2D eigenvalue weighted by atomic mass is 9.93. The maximum absolute atomic E-state index is 13.2. The molecule has 0 aromatic carbocycles. The predicted octanol–water partition coefficient (Wildman–Crippen LogP) is 3.89. The van der Waals surface area contributed by atoms with Crippen molar-refractivity contribution >= 4 is 17.2 Å². The van der Waals surface area contributed by atoms with E-state index >= 15 is 0 Å². The number of amides is 1. The van der Waals surface area contributed by atoms with Gasteiger partial charge in [0, 0.05) is 17.1 Å². The van der Waals surface area contributed by atoms with Crippen molar-refractivity contribution in [3.8, 4) is 0 Å². The molecule has 23 heavy (non-hydrogen) atoms. The van der Waals surface area contributed by atoms with Crippen molar-refractivity contribution in [1.82, 2.24) is 4.57 Å². The van der Waals surface area contributed by atoms with E-state index in [1.807, 2.05) is 27.7 Å². The molecule has 1 fully saturated rings. The average molecular weight is 352 g/mol. The monoisotopic (exact) mass is 352 g/mol. The van der Waals surface area contributed by atoms with Crippen LogP contribution >= 0.6 is 11.3 Å². The summed E-state index contributed by atoms with van der Waals surface area (Å²) in [5, 5.41) is 0. The number of rotatable bonds is 4. The molecule has 2 rings (SSSR count). The van der Waals surface area contributed by atoms with Crippen molar-refractivity contribution in [2.75, 3.05) is 0 Å². The molecule has 0 atom stereocenters. The van der Waals surface area contributed by atoms with Gasteiger partial charge in [0.2, 0.25) is 0 Å². The van der Waals surface area contributed by atoms with E-state index in [0.717, 1.165) is 34.7 Å². The molecular formula is C15H20F4N2OS. The van der Waals surface area contributed by atoms with Crippen molar-refractivity contribution in [2.45, 2.75) is 64.8 Å². The summed E-state index contributed by atoms with van der Waals surface area (Å²) < 4.78 is 52.7. The second-order valence-electron chi connectivity index (χ2n) is 6.94. The molecule has 0 spiro atoms. The fourth-order valence-corrected chi connectivity index (χ4v) is 3.49. The van der Waals surface area contributed by atoms with E-state index in [1.54, 1.807) is 4.57 Å². The molecule has 8 heteroatoms. The van der Waals surface area contributed by atoms with Crippen molar-refractivity contribution in [3.05, 3.63) is 15.4 Å². The molecule has 1 saturated carbocycles. The van der Waals surface area contributed by atoms with Crippen LogP contribution in [-0.2, 0) is 16.8 Å². The largest absolute Gasteiger partial charge is 0.385 e. The first-order valence-corrected chi connectivity index (χ1v) is 8.22. The number of aromatic nitrogens is 1. The lowest BCUT2D eigenvalue weighted by Gasteiger charge is -2.17. The minimum Gasteiger partial charge on any atom is -0.320 e. The van der Waals surface area contributed by atoms with E-state index in [0.29, 0.717) is 12.5 Å². The van der Waals surface area contributed by atoms with Gasteiger partial charge in [-0.15, -0.1) is 11.3 Å². The van der Waals surface area contributed by atoms with E-state index in [-0.39, 0.29) is 10.2 Å². The van der Waals surface area contributed by atoms with E-state index in [4.69, 9.17) is 0 Å². The van der Waals surface area contributed by atoms with Gasteiger partial charge in [-0.2, -0.15) is 13.8 Å². The quantitative estimate of drug-likeness (QED) is 0.757. The van der Waals surface area contributed by atoms with Crippen molar-refractivity contribution in [2.24, 2.45) is 10.9 Å². The highest BCUT2D eigenvalue weighted by Crippen LogP contribution is 2.33. The van der Waals surface area contributed by atoms with Gasteiger partial charge in [-0.3, -0.25) is 4.79 Å². The van der Waals surface area contributed by atoms with Gasteiger partial charge in [-0.25, -0.2) is 8.78 Å². The zero-order valence-corrected chi connectivity index (χ0v) is 14.3. The second-order valence-corrected chi connectivity index (χ2v) is 7.92.